The molecule has 0 unspecified atom stereocenters. The monoisotopic (exact) mass is 348 g/mol. The number of aliphatic carboxylic acids is 1. The van der Waals surface area contributed by atoms with E-state index in [1.165, 1.54) is 0 Å². The second-order valence-corrected chi connectivity index (χ2v) is 4.92. The molecule has 9 heteroatoms. The van der Waals surface area contributed by atoms with Crippen LogP contribution in [0.1, 0.15) is 29.0 Å². The van der Waals surface area contributed by atoms with Crippen molar-refractivity contribution in [2.45, 2.75) is 31.8 Å². The summed E-state index contributed by atoms with van der Waals surface area (Å²) in [6.07, 6.45) is 4.32. The van der Waals surface area contributed by atoms with Crippen LogP contribution >= 0.6 is 0 Å². The first-order valence-corrected chi connectivity index (χ1v) is 6.72. The largest absolute Gasteiger partial charge is 2.00 e. The van der Waals surface area contributed by atoms with Crippen molar-refractivity contribution < 1.29 is 31.9 Å². The summed E-state index contributed by atoms with van der Waals surface area (Å²) in [7, 11) is 0. The molecule has 0 spiro atoms. The van der Waals surface area contributed by atoms with E-state index in [0.29, 0.717) is 22.6 Å². The number of carboxylic acid groups (broad SMARTS) is 1. The zero-order valence-corrected chi connectivity index (χ0v) is 14.7. The number of imide groups is 2. The molecule has 0 aromatic rings. The molecule has 0 saturated heterocycles. The fraction of sp³-hybridized carbons (Fsp3) is 0.357. The van der Waals surface area contributed by atoms with Gasteiger partial charge in [-0.05, 0) is 6.42 Å². The molecule has 0 aliphatic carbocycles. The Bertz CT molecular complexity index is 571. The van der Waals surface area contributed by atoms with Crippen molar-refractivity contribution in [2.24, 2.45) is 0 Å². The van der Waals surface area contributed by atoms with Gasteiger partial charge in [0.15, 0.2) is 0 Å². The van der Waals surface area contributed by atoms with Gasteiger partial charge in [0.05, 0.1) is 0 Å². The van der Waals surface area contributed by atoms with Crippen LogP contribution in [0.5, 0.6) is 0 Å². The Kier molecular flexibility index (Phi) is 6.26. The Morgan fingerprint density at radius 1 is 1.00 bits per heavy atom. The number of amides is 4. The molecule has 0 radical (unpaired) electrons. The van der Waals surface area contributed by atoms with Crippen molar-refractivity contribution in [3.63, 3.8) is 0 Å². The number of nitrogens with zero attached hydrogens (tertiary/aromatic N) is 2. The molecule has 4 amide bonds. The zero-order valence-electron chi connectivity index (χ0n) is 14.5. The van der Waals surface area contributed by atoms with Crippen molar-refractivity contribution in [1.82, 2.24) is 9.80 Å². The summed E-state index contributed by atoms with van der Waals surface area (Å²) < 4.78 is 0. The van der Waals surface area contributed by atoms with Crippen LogP contribution in [0.2, 0.25) is 0 Å². The molecule has 2 rings (SSSR count). The molecule has 2 aliphatic heterocycles. The molecule has 120 valence electrons. The third-order valence-electron chi connectivity index (χ3n) is 3.58. The van der Waals surface area contributed by atoms with Crippen LogP contribution in [0.4, 0.5) is 0 Å². The van der Waals surface area contributed by atoms with Crippen molar-refractivity contribution in [2.75, 3.05) is 0 Å². The van der Waals surface area contributed by atoms with E-state index in [-0.39, 0.29) is 47.0 Å². The molecular formula is C14H16CaN2O6. The quantitative estimate of drug-likeness (QED) is 0.519. The first kappa shape index (κ1) is 19.5. The number of rotatable bonds is 6. The van der Waals surface area contributed by atoms with Gasteiger partial charge in [0, 0.05) is 30.7 Å². The molecular weight excluding hydrogens is 332 g/mol. The van der Waals surface area contributed by atoms with E-state index in [1.807, 2.05) is 0 Å². The van der Waals surface area contributed by atoms with Gasteiger partial charge >= 0.3 is 43.7 Å². The summed E-state index contributed by atoms with van der Waals surface area (Å²) in [5, 5.41) is 9.69. The molecule has 0 bridgehead atoms. The summed E-state index contributed by atoms with van der Waals surface area (Å²) in [5.41, 5.74) is -2.34. The maximum atomic E-state index is 12.0. The van der Waals surface area contributed by atoms with Crippen LogP contribution in [0, 0.1) is 0 Å². The summed E-state index contributed by atoms with van der Waals surface area (Å²) in [6, 6.07) is 0. The van der Waals surface area contributed by atoms with Crippen molar-refractivity contribution in [3.8, 4) is 0 Å². The molecule has 1 N–H and O–H groups in total. The second-order valence-electron chi connectivity index (χ2n) is 4.92. The third kappa shape index (κ3) is 3.11. The molecule has 0 aromatic carbocycles. The first-order valence-electron chi connectivity index (χ1n) is 6.72. The summed E-state index contributed by atoms with van der Waals surface area (Å²) in [6.45, 7) is 1.78. The van der Waals surface area contributed by atoms with E-state index in [0.717, 1.165) is 24.3 Å². The van der Waals surface area contributed by atoms with Crippen LogP contribution in [-0.4, -0.2) is 87.9 Å². The number of carbonyl (C=O) groups is 5. The van der Waals surface area contributed by atoms with E-state index in [1.54, 1.807) is 6.92 Å². The van der Waals surface area contributed by atoms with E-state index < -0.39 is 35.3 Å². The van der Waals surface area contributed by atoms with E-state index >= 15 is 0 Å². The zero-order chi connectivity index (χ0) is 16.5. The Balaban J connectivity index is 0. The van der Waals surface area contributed by atoms with Gasteiger partial charge in [0.25, 0.3) is 23.6 Å². The van der Waals surface area contributed by atoms with E-state index in [4.69, 9.17) is 0 Å². The number of carboxylic acids is 1. The molecule has 8 nitrogen and oxygen atoms in total. The first-order chi connectivity index (χ1) is 10.4. The van der Waals surface area contributed by atoms with Gasteiger partial charge < -0.3 is 7.96 Å². The molecule has 0 atom stereocenters. The Hall–Kier alpha value is -1.51. The number of hydrogen-bond acceptors (Lipinski definition) is 5. The van der Waals surface area contributed by atoms with Crippen molar-refractivity contribution in [3.05, 3.63) is 24.3 Å². The van der Waals surface area contributed by atoms with Crippen LogP contribution in [0.15, 0.2) is 24.3 Å². The maximum Gasteiger partial charge on any atom is 2.00 e. The van der Waals surface area contributed by atoms with Crippen LogP contribution in [-0.2, 0) is 24.0 Å². The predicted molar refractivity (Wildman–Crippen MR) is 79.9 cm³/mol. The fourth-order valence-corrected chi connectivity index (χ4v) is 2.57. The van der Waals surface area contributed by atoms with Gasteiger partial charge in [-0.15, -0.1) is 0 Å². The van der Waals surface area contributed by atoms with Gasteiger partial charge in [-0.2, -0.15) is 0 Å². The van der Waals surface area contributed by atoms with Crippen molar-refractivity contribution >= 4 is 67.3 Å². The molecule has 2 heterocycles. The summed E-state index contributed by atoms with van der Waals surface area (Å²) in [5.74, 6) is -5.06. The standard InChI is InChI=1S/C14H14N2O6.Ca.2H/c1-2-3-8-14(13(21)22,15-9(17)4-5-10(15)18)16-11(19)6-7-12(16)20;;;/h4-7H,2-3,8H2,1H3,(H,21,22);;;/q;+2;2*-1. The molecule has 0 fully saturated rings. The maximum absolute atomic E-state index is 12.0. The van der Waals surface area contributed by atoms with Gasteiger partial charge in [0.1, 0.15) is 0 Å². The second kappa shape index (κ2) is 7.37. The minimum absolute atomic E-state index is 0. The number of unbranched alkanes of at least 4 members (excludes halogenated alkanes) is 1. The third-order valence-corrected chi connectivity index (χ3v) is 3.58. The minimum atomic E-state index is -2.34. The Morgan fingerprint density at radius 3 is 1.61 bits per heavy atom. The normalized spacial score (nSPS) is 17.3. The fourth-order valence-electron chi connectivity index (χ4n) is 2.57. The smallest absolute Gasteiger partial charge is 1.00 e. The van der Waals surface area contributed by atoms with E-state index in [2.05, 4.69) is 0 Å². The van der Waals surface area contributed by atoms with Gasteiger partial charge in [0.2, 0.25) is 5.66 Å². The van der Waals surface area contributed by atoms with E-state index in [9.17, 15) is 29.1 Å². The van der Waals surface area contributed by atoms with Gasteiger partial charge in [-0.3, -0.25) is 19.2 Å². The van der Waals surface area contributed by atoms with Crippen molar-refractivity contribution in [1.29, 1.82) is 0 Å². The number of hydrogen-bond donors (Lipinski definition) is 1. The SMILES string of the molecule is CCCCC(C(=O)O)(N1C(=O)C=CC1=O)N1C(=O)C=CC1=O.[Ca+2].[H-].[H-]. The average molecular weight is 348 g/mol. The topological polar surface area (TPSA) is 112 Å². The number of carbonyl (C=O) groups excluding carboxylic acids is 4. The summed E-state index contributed by atoms with van der Waals surface area (Å²) in [4.78, 5) is 60.7. The van der Waals surface area contributed by atoms with Crippen LogP contribution in [0.25, 0.3) is 0 Å². The van der Waals surface area contributed by atoms with Gasteiger partial charge in [-0.25, -0.2) is 14.6 Å². The Labute approximate surface area is 164 Å². The molecule has 23 heavy (non-hydrogen) atoms. The minimum Gasteiger partial charge on any atom is -1.00 e. The van der Waals surface area contributed by atoms with Gasteiger partial charge in [-0.1, -0.05) is 13.3 Å². The summed E-state index contributed by atoms with van der Waals surface area (Å²) >= 11 is 0. The Morgan fingerprint density at radius 2 is 1.35 bits per heavy atom. The molecule has 2 aliphatic rings. The predicted octanol–water partition coefficient (Wildman–Crippen LogP) is -0.348. The molecule has 0 saturated carbocycles. The average Bonchev–Trinajstić information content (AvgIpc) is 2.97. The van der Waals surface area contributed by atoms with Crippen LogP contribution in [0.3, 0.4) is 0 Å². The van der Waals surface area contributed by atoms with Crippen LogP contribution < -0.4 is 0 Å². The molecule has 0 aromatic heterocycles.